The van der Waals surface area contributed by atoms with Crippen molar-refractivity contribution < 1.29 is 19.1 Å². The van der Waals surface area contributed by atoms with Gasteiger partial charge in [-0.05, 0) is 47.7 Å². The molecular weight excluding hydrogens is 368 g/mol. The minimum atomic E-state index is -0.862. The van der Waals surface area contributed by atoms with E-state index in [2.05, 4.69) is 5.32 Å². The van der Waals surface area contributed by atoms with Crippen molar-refractivity contribution in [2.24, 2.45) is 0 Å². The summed E-state index contributed by atoms with van der Waals surface area (Å²) in [4.78, 5) is 24.5. The van der Waals surface area contributed by atoms with Crippen molar-refractivity contribution in [3.63, 3.8) is 0 Å². The number of aryl methyl sites for hydroxylation is 1. The van der Waals surface area contributed by atoms with Crippen molar-refractivity contribution in [2.75, 3.05) is 19.0 Å². The van der Waals surface area contributed by atoms with E-state index in [0.29, 0.717) is 11.3 Å². The molecule has 6 nitrogen and oxygen atoms in total. The zero-order chi connectivity index (χ0) is 21.4. The van der Waals surface area contributed by atoms with Gasteiger partial charge in [0.15, 0.2) is 6.61 Å². The Kier molecular flexibility index (Phi) is 7.55. The molecule has 0 radical (unpaired) electrons. The number of benzene rings is 2. The summed E-state index contributed by atoms with van der Waals surface area (Å²) >= 11 is 0. The quantitative estimate of drug-likeness (QED) is 0.433. The fourth-order valence-corrected chi connectivity index (χ4v) is 2.76. The number of carbonyl (C=O) groups excluding carboxylic acids is 2. The van der Waals surface area contributed by atoms with Crippen molar-refractivity contribution in [3.05, 3.63) is 64.7 Å². The molecule has 0 heterocycles. The average Bonchev–Trinajstić information content (AvgIpc) is 2.71. The van der Waals surface area contributed by atoms with Crippen LogP contribution in [0.5, 0.6) is 5.75 Å². The summed E-state index contributed by atoms with van der Waals surface area (Å²) in [6.07, 6.45) is 1.39. The van der Waals surface area contributed by atoms with Gasteiger partial charge in [-0.2, -0.15) is 5.26 Å². The van der Waals surface area contributed by atoms with Gasteiger partial charge in [-0.3, -0.25) is 4.79 Å². The summed E-state index contributed by atoms with van der Waals surface area (Å²) < 4.78 is 10.1. The monoisotopic (exact) mass is 392 g/mol. The van der Waals surface area contributed by atoms with E-state index < -0.39 is 18.5 Å². The molecule has 6 heteroatoms. The minimum absolute atomic E-state index is 0.204. The number of rotatable bonds is 7. The summed E-state index contributed by atoms with van der Waals surface area (Å²) in [6, 6.07) is 14.5. The van der Waals surface area contributed by atoms with E-state index in [1.165, 1.54) is 13.2 Å². The lowest BCUT2D eigenvalue weighted by molar-refractivity contribution is -0.142. The van der Waals surface area contributed by atoms with Gasteiger partial charge in [-0.25, -0.2) is 4.79 Å². The standard InChI is InChI=1S/C23H24N2O4/c1-15(2)20-10-5-7-16(3)22(20)25-21(26)14-29-23(27)18(13-24)11-17-8-6-9-19(12-17)28-4/h5-12,15H,14H2,1-4H3,(H,25,26)/b18-11+. The van der Waals surface area contributed by atoms with E-state index in [4.69, 9.17) is 9.47 Å². The summed E-state index contributed by atoms with van der Waals surface area (Å²) in [5.74, 6) is -0.501. The van der Waals surface area contributed by atoms with Crippen LogP contribution >= 0.6 is 0 Å². The molecule has 0 atom stereocenters. The molecule has 0 aromatic heterocycles. The van der Waals surface area contributed by atoms with Gasteiger partial charge in [0.25, 0.3) is 5.91 Å². The van der Waals surface area contributed by atoms with Gasteiger partial charge in [0.2, 0.25) is 0 Å². The van der Waals surface area contributed by atoms with Crippen molar-refractivity contribution in [1.29, 1.82) is 5.26 Å². The van der Waals surface area contributed by atoms with Crippen LogP contribution in [0.1, 0.15) is 36.5 Å². The van der Waals surface area contributed by atoms with Crippen LogP contribution in [0.2, 0.25) is 0 Å². The fourth-order valence-electron chi connectivity index (χ4n) is 2.76. The Bertz CT molecular complexity index is 971. The number of nitrogens with one attached hydrogen (secondary N) is 1. The Balaban J connectivity index is 2.05. The lowest BCUT2D eigenvalue weighted by Gasteiger charge is -2.16. The number of para-hydroxylation sites is 1. The maximum atomic E-state index is 12.3. The molecule has 0 fully saturated rings. The Hall–Kier alpha value is -3.59. The number of nitriles is 1. The molecule has 29 heavy (non-hydrogen) atoms. The molecule has 2 rings (SSSR count). The molecule has 0 aliphatic heterocycles. The molecule has 0 saturated heterocycles. The normalized spacial score (nSPS) is 11.0. The maximum absolute atomic E-state index is 12.3. The molecule has 0 saturated carbocycles. The Labute approximate surface area is 170 Å². The van der Waals surface area contributed by atoms with Gasteiger partial charge in [0, 0.05) is 5.69 Å². The van der Waals surface area contributed by atoms with Crippen molar-refractivity contribution >= 4 is 23.6 Å². The van der Waals surface area contributed by atoms with Gasteiger partial charge in [0.05, 0.1) is 7.11 Å². The molecule has 0 unspecified atom stereocenters. The molecule has 2 aromatic carbocycles. The van der Waals surface area contributed by atoms with Gasteiger partial charge in [-0.1, -0.05) is 44.2 Å². The first-order chi connectivity index (χ1) is 13.8. The van der Waals surface area contributed by atoms with Crippen LogP contribution in [-0.4, -0.2) is 25.6 Å². The number of amides is 1. The van der Waals surface area contributed by atoms with Gasteiger partial charge < -0.3 is 14.8 Å². The van der Waals surface area contributed by atoms with Gasteiger partial charge >= 0.3 is 5.97 Å². The number of hydrogen-bond donors (Lipinski definition) is 1. The van der Waals surface area contributed by atoms with Gasteiger partial charge in [-0.15, -0.1) is 0 Å². The number of methoxy groups -OCH3 is 1. The lowest BCUT2D eigenvalue weighted by atomic mass is 9.98. The third kappa shape index (κ3) is 5.94. The second-order valence-corrected chi connectivity index (χ2v) is 6.76. The molecule has 150 valence electrons. The Morgan fingerprint density at radius 1 is 1.21 bits per heavy atom. The first-order valence-corrected chi connectivity index (χ1v) is 9.18. The highest BCUT2D eigenvalue weighted by molar-refractivity contribution is 6.00. The number of hydrogen-bond acceptors (Lipinski definition) is 5. The minimum Gasteiger partial charge on any atom is -0.497 e. The molecule has 0 spiro atoms. The second kappa shape index (κ2) is 10.1. The van der Waals surface area contributed by atoms with E-state index in [1.54, 1.807) is 24.3 Å². The fraction of sp³-hybridized carbons (Fsp3) is 0.261. The Morgan fingerprint density at radius 2 is 1.93 bits per heavy atom. The van der Waals surface area contributed by atoms with E-state index in [-0.39, 0.29) is 11.5 Å². The summed E-state index contributed by atoms with van der Waals surface area (Å²) in [7, 11) is 1.53. The van der Waals surface area contributed by atoms with E-state index in [1.807, 2.05) is 45.0 Å². The smallest absolute Gasteiger partial charge is 0.349 e. The van der Waals surface area contributed by atoms with Crippen LogP contribution < -0.4 is 10.1 Å². The lowest BCUT2D eigenvalue weighted by Crippen LogP contribution is -2.22. The predicted octanol–water partition coefficient (Wildman–Crippen LogP) is 4.22. The number of carbonyl (C=O) groups is 2. The van der Waals surface area contributed by atoms with Crippen LogP contribution in [0.15, 0.2) is 48.0 Å². The summed E-state index contributed by atoms with van der Waals surface area (Å²) in [5.41, 5.74) is 3.05. The predicted molar refractivity (Wildman–Crippen MR) is 111 cm³/mol. The third-order valence-corrected chi connectivity index (χ3v) is 4.27. The first kappa shape index (κ1) is 21.7. The summed E-state index contributed by atoms with van der Waals surface area (Å²) in [6.45, 7) is 5.49. The van der Waals surface area contributed by atoms with E-state index in [0.717, 1.165) is 16.8 Å². The average molecular weight is 392 g/mol. The second-order valence-electron chi connectivity index (χ2n) is 6.76. The van der Waals surface area contributed by atoms with Crippen LogP contribution in [-0.2, 0) is 14.3 Å². The van der Waals surface area contributed by atoms with E-state index in [9.17, 15) is 14.9 Å². The van der Waals surface area contributed by atoms with Crippen molar-refractivity contribution in [3.8, 4) is 11.8 Å². The van der Waals surface area contributed by atoms with Crippen LogP contribution in [0.3, 0.4) is 0 Å². The molecule has 1 amide bonds. The zero-order valence-electron chi connectivity index (χ0n) is 17.0. The third-order valence-electron chi connectivity index (χ3n) is 4.27. The first-order valence-electron chi connectivity index (χ1n) is 9.18. The van der Waals surface area contributed by atoms with Crippen LogP contribution in [0.25, 0.3) is 6.08 Å². The summed E-state index contributed by atoms with van der Waals surface area (Å²) in [5, 5.41) is 12.1. The molecule has 0 aliphatic carbocycles. The van der Waals surface area contributed by atoms with Gasteiger partial charge in [0.1, 0.15) is 17.4 Å². The number of anilines is 1. The van der Waals surface area contributed by atoms with Crippen LogP contribution in [0, 0.1) is 18.3 Å². The number of ether oxygens (including phenoxy) is 2. The zero-order valence-corrected chi connectivity index (χ0v) is 17.0. The number of nitrogens with zero attached hydrogens (tertiary/aromatic N) is 1. The van der Waals surface area contributed by atoms with Crippen molar-refractivity contribution in [1.82, 2.24) is 0 Å². The van der Waals surface area contributed by atoms with E-state index >= 15 is 0 Å². The molecule has 0 aliphatic rings. The van der Waals surface area contributed by atoms with Crippen LogP contribution in [0.4, 0.5) is 5.69 Å². The topological polar surface area (TPSA) is 88.4 Å². The molecule has 1 N–H and O–H groups in total. The highest BCUT2D eigenvalue weighted by Crippen LogP contribution is 2.27. The highest BCUT2D eigenvalue weighted by atomic mass is 16.5. The largest absolute Gasteiger partial charge is 0.497 e. The number of esters is 1. The molecular formula is C23H24N2O4. The molecule has 2 aromatic rings. The highest BCUT2D eigenvalue weighted by Gasteiger charge is 2.16. The van der Waals surface area contributed by atoms with Crippen molar-refractivity contribution in [2.45, 2.75) is 26.7 Å². The molecule has 0 bridgehead atoms. The SMILES string of the molecule is COc1cccc(/C=C(\C#N)C(=O)OCC(=O)Nc2c(C)cccc2C(C)C)c1. The maximum Gasteiger partial charge on any atom is 0.349 e. The Morgan fingerprint density at radius 3 is 2.59 bits per heavy atom.